The van der Waals surface area contributed by atoms with Crippen molar-refractivity contribution in [3.8, 4) is 0 Å². The van der Waals surface area contributed by atoms with Crippen molar-refractivity contribution in [3.63, 3.8) is 0 Å². The first-order valence-corrected chi connectivity index (χ1v) is 8.22. The zero-order valence-electron chi connectivity index (χ0n) is 11.4. The van der Waals surface area contributed by atoms with Crippen molar-refractivity contribution in [1.82, 2.24) is 0 Å². The van der Waals surface area contributed by atoms with Crippen molar-refractivity contribution >= 4 is 14.9 Å². The highest BCUT2D eigenvalue weighted by molar-refractivity contribution is 6.67. The van der Waals surface area contributed by atoms with E-state index in [4.69, 9.17) is 13.3 Å². The maximum Gasteiger partial charge on any atom is 0.529 e. The van der Waals surface area contributed by atoms with Crippen LogP contribution in [0.5, 0.6) is 0 Å². The molecule has 4 heteroatoms. The first-order valence-electron chi connectivity index (χ1n) is 6.42. The van der Waals surface area contributed by atoms with Gasteiger partial charge < -0.3 is 13.3 Å². The van der Waals surface area contributed by atoms with E-state index in [9.17, 15) is 0 Å². The molecule has 0 radical (unpaired) electrons. The highest BCUT2D eigenvalue weighted by Crippen LogP contribution is 2.14. The normalized spacial score (nSPS) is 12.2. The molecule has 0 N–H and O–H groups in total. The minimum atomic E-state index is -2.66. The fraction of sp³-hybridized carbons (Fsp3) is 0.429. The molecule has 0 aliphatic heterocycles. The summed E-state index contributed by atoms with van der Waals surface area (Å²) in [5.41, 5.74) is 3.08. The topological polar surface area (TPSA) is 27.7 Å². The summed E-state index contributed by atoms with van der Waals surface area (Å²) in [6, 6.07) is 10.1. The van der Waals surface area contributed by atoms with Crippen LogP contribution in [-0.2, 0) is 13.3 Å². The van der Waals surface area contributed by atoms with Gasteiger partial charge in [-0.3, -0.25) is 0 Å². The van der Waals surface area contributed by atoms with Gasteiger partial charge in [0.05, 0.1) is 0 Å². The molecular weight excluding hydrogens is 244 g/mol. The molecule has 1 aromatic carbocycles. The van der Waals surface area contributed by atoms with Gasteiger partial charge in [0.1, 0.15) is 0 Å². The largest absolute Gasteiger partial charge is 0.529 e. The molecule has 100 valence electrons. The Labute approximate surface area is 111 Å². The third-order valence-electron chi connectivity index (χ3n) is 2.32. The Morgan fingerprint density at radius 1 is 0.889 bits per heavy atom. The van der Waals surface area contributed by atoms with E-state index in [1.807, 2.05) is 62.9 Å². The van der Waals surface area contributed by atoms with Crippen LogP contribution in [0.4, 0.5) is 0 Å². The first-order chi connectivity index (χ1) is 8.76. The zero-order chi connectivity index (χ0) is 13.3. The monoisotopic (exact) mass is 266 g/mol. The van der Waals surface area contributed by atoms with Crippen LogP contribution in [0.3, 0.4) is 0 Å². The highest BCUT2D eigenvalue weighted by Gasteiger charge is 2.37. The third-order valence-corrected chi connectivity index (χ3v) is 4.96. The van der Waals surface area contributed by atoms with Crippen LogP contribution in [0.15, 0.2) is 36.0 Å². The molecule has 0 aliphatic carbocycles. The van der Waals surface area contributed by atoms with Gasteiger partial charge in [0.2, 0.25) is 0 Å². The van der Waals surface area contributed by atoms with Gasteiger partial charge in [-0.15, -0.1) is 0 Å². The number of rotatable bonds is 8. The van der Waals surface area contributed by atoms with Gasteiger partial charge in [0, 0.05) is 19.8 Å². The predicted octanol–water partition coefficient (Wildman–Crippen LogP) is 3.29. The zero-order valence-corrected chi connectivity index (χ0v) is 12.4. The van der Waals surface area contributed by atoms with Crippen molar-refractivity contribution < 1.29 is 13.3 Å². The molecule has 1 rings (SSSR count). The number of hydrogen-bond acceptors (Lipinski definition) is 3. The van der Waals surface area contributed by atoms with Crippen LogP contribution < -0.4 is 0 Å². The van der Waals surface area contributed by atoms with Gasteiger partial charge in [0.25, 0.3) is 0 Å². The van der Waals surface area contributed by atoms with Gasteiger partial charge >= 0.3 is 8.80 Å². The van der Waals surface area contributed by atoms with E-state index in [1.165, 1.54) is 0 Å². The lowest BCUT2D eigenvalue weighted by Crippen LogP contribution is -2.44. The molecule has 0 bridgehead atoms. The second-order valence-corrected chi connectivity index (χ2v) is 6.05. The highest BCUT2D eigenvalue weighted by atomic mass is 28.4. The number of hydrogen-bond donors (Lipinski definition) is 0. The van der Waals surface area contributed by atoms with Crippen LogP contribution in [0, 0.1) is 0 Å². The molecular formula is C14H22O3Si. The molecule has 0 heterocycles. The lowest BCUT2D eigenvalue weighted by atomic mass is 10.2. The van der Waals surface area contributed by atoms with Crippen LogP contribution in [0.2, 0.25) is 0 Å². The lowest BCUT2D eigenvalue weighted by molar-refractivity contribution is 0.0845. The Bertz CT molecular complexity index is 334. The predicted molar refractivity (Wildman–Crippen MR) is 76.1 cm³/mol. The summed E-state index contributed by atoms with van der Waals surface area (Å²) in [7, 11) is -2.66. The number of benzene rings is 1. The fourth-order valence-electron chi connectivity index (χ4n) is 1.64. The maximum atomic E-state index is 5.74. The van der Waals surface area contributed by atoms with E-state index >= 15 is 0 Å². The molecule has 0 saturated heterocycles. The molecule has 0 aliphatic rings. The fourth-order valence-corrected chi connectivity index (χ4v) is 3.78. The van der Waals surface area contributed by atoms with Gasteiger partial charge in [0.15, 0.2) is 0 Å². The van der Waals surface area contributed by atoms with Crippen LogP contribution in [0.1, 0.15) is 26.3 Å². The van der Waals surface area contributed by atoms with Crippen LogP contribution >= 0.6 is 0 Å². The van der Waals surface area contributed by atoms with Gasteiger partial charge in [-0.1, -0.05) is 36.4 Å². The molecule has 0 amide bonds. The summed E-state index contributed by atoms with van der Waals surface area (Å²) in [6.45, 7) is 7.63. The minimum Gasteiger partial charge on any atom is -0.371 e. The molecule has 0 aromatic heterocycles. The van der Waals surface area contributed by atoms with Crippen molar-refractivity contribution in [2.45, 2.75) is 20.8 Å². The molecule has 0 saturated carbocycles. The van der Waals surface area contributed by atoms with Gasteiger partial charge in [-0.25, -0.2) is 0 Å². The molecule has 18 heavy (non-hydrogen) atoms. The smallest absolute Gasteiger partial charge is 0.371 e. The minimum absolute atomic E-state index is 0.589. The van der Waals surface area contributed by atoms with Crippen molar-refractivity contribution in [1.29, 1.82) is 0 Å². The van der Waals surface area contributed by atoms with Crippen molar-refractivity contribution in [2.75, 3.05) is 19.8 Å². The summed E-state index contributed by atoms with van der Waals surface area (Å²) >= 11 is 0. The van der Waals surface area contributed by atoms with E-state index in [0.717, 1.165) is 5.56 Å². The summed E-state index contributed by atoms with van der Waals surface area (Å²) in [6.07, 6.45) is 2.01. The van der Waals surface area contributed by atoms with Crippen molar-refractivity contribution in [3.05, 3.63) is 41.6 Å². The van der Waals surface area contributed by atoms with Gasteiger partial charge in [-0.2, -0.15) is 0 Å². The Kier molecular flexibility index (Phi) is 6.89. The molecule has 3 nitrogen and oxygen atoms in total. The summed E-state index contributed by atoms with van der Waals surface area (Å²) in [5, 5.41) is 0. The van der Waals surface area contributed by atoms with Crippen molar-refractivity contribution in [2.24, 2.45) is 0 Å². The Balaban J connectivity index is 2.84. The van der Waals surface area contributed by atoms with E-state index in [2.05, 4.69) is 0 Å². The summed E-state index contributed by atoms with van der Waals surface area (Å²) in [5.74, 6) is 0. The first kappa shape index (κ1) is 15.1. The molecule has 1 aromatic rings. The Morgan fingerprint density at radius 3 is 1.83 bits per heavy atom. The SMILES string of the molecule is CCO[Si](/C=C\c1ccccc1)(OCC)OCC. The second kappa shape index (κ2) is 8.21. The Hall–Kier alpha value is -0.943. The van der Waals surface area contributed by atoms with Gasteiger partial charge in [-0.05, 0) is 32.0 Å². The Morgan fingerprint density at radius 2 is 1.39 bits per heavy atom. The maximum absolute atomic E-state index is 5.74. The van der Waals surface area contributed by atoms with E-state index in [-0.39, 0.29) is 0 Å². The van der Waals surface area contributed by atoms with Crippen LogP contribution in [0.25, 0.3) is 6.08 Å². The average Bonchev–Trinajstić information content (AvgIpc) is 2.39. The van der Waals surface area contributed by atoms with E-state index in [1.54, 1.807) is 0 Å². The standard InChI is InChI=1S/C14H22O3Si/c1-4-15-18(16-5-2,17-6-3)13-12-14-10-8-7-9-11-14/h7-13H,4-6H2,1-3H3/b13-12-. The quantitative estimate of drug-likeness (QED) is 0.676. The van der Waals surface area contributed by atoms with E-state index in [0.29, 0.717) is 19.8 Å². The van der Waals surface area contributed by atoms with E-state index < -0.39 is 8.80 Å². The molecule has 0 spiro atoms. The average molecular weight is 266 g/mol. The molecule has 0 fully saturated rings. The summed E-state index contributed by atoms with van der Waals surface area (Å²) in [4.78, 5) is 0. The lowest BCUT2D eigenvalue weighted by Gasteiger charge is -2.25. The molecule has 0 atom stereocenters. The van der Waals surface area contributed by atoms with Crippen LogP contribution in [-0.4, -0.2) is 28.6 Å². The summed E-state index contributed by atoms with van der Waals surface area (Å²) < 4.78 is 17.2. The third kappa shape index (κ3) is 4.74. The molecule has 0 unspecified atom stereocenters. The second-order valence-electron chi connectivity index (χ2n) is 3.65.